The van der Waals surface area contributed by atoms with Gasteiger partial charge in [-0.1, -0.05) is 41.0 Å². The number of nitrogens with zero attached hydrogens (tertiary/aromatic N) is 4. The van der Waals surface area contributed by atoms with Gasteiger partial charge in [0.25, 0.3) is 0 Å². The fraction of sp³-hybridized carbons (Fsp3) is 0.429. The average Bonchev–Trinajstić information content (AvgIpc) is 3.32. The molecule has 1 aliphatic carbocycles. The molecule has 0 radical (unpaired) electrons. The van der Waals surface area contributed by atoms with Crippen LogP contribution in [0.4, 0.5) is 5.95 Å². The Bertz CT molecular complexity index is 1080. The van der Waals surface area contributed by atoms with Gasteiger partial charge in [-0.3, -0.25) is 4.40 Å². The molecule has 2 aromatic heterocycles. The molecule has 2 aliphatic rings. The number of halogens is 2. The highest BCUT2D eigenvalue weighted by Crippen LogP contribution is 2.46. The van der Waals surface area contributed by atoms with E-state index in [-0.39, 0.29) is 17.6 Å². The van der Waals surface area contributed by atoms with Crippen LogP contribution in [-0.2, 0) is 0 Å². The number of hydrogen-bond acceptors (Lipinski definition) is 6. The molecule has 0 bridgehead atoms. The SMILES string of the molecule is N[C@@H]1CC(O)CC12CCN(c1ncc(Sc3cccc(Cl)c3Cl)c3nccn13)CC2. The molecule has 2 atom stereocenters. The lowest BCUT2D eigenvalue weighted by atomic mass is 9.74. The molecule has 1 saturated carbocycles. The number of rotatable bonds is 3. The Morgan fingerprint density at radius 2 is 1.97 bits per heavy atom. The number of benzene rings is 1. The minimum atomic E-state index is -0.264. The van der Waals surface area contributed by atoms with Crippen molar-refractivity contribution < 1.29 is 5.11 Å². The number of aliphatic hydroxyl groups is 1. The number of piperidine rings is 1. The first-order valence-electron chi connectivity index (χ1n) is 10.1. The molecule has 1 aromatic carbocycles. The van der Waals surface area contributed by atoms with Crippen LogP contribution in [-0.4, -0.2) is 44.7 Å². The lowest BCUT2D eigenvalue weighted by molar-refractivity contribution is 0.141. The molecule has 0 amide bonds. The Hall–Kier alpha value is -1.51. The van der Waals surface area contributed by atoms with Crippen LogP contribution in [0.25, 0.3) is 5.65 Å². The highest BCUT2D eigenvalue weighted by atomic mass is 35.5. The molecule has 5 rings (SSSR count). The summed E-state index contributed by atoms with van der Waals surface area (Å²) >= 11 is 14.0. The summed E-state index contributed by atoms with van der Waals surface area (Å²) in [6.07, 6.45) is 8.79. The Labute approximate surface area is 189 Å². The lowest BCUT2D eigenvalue weighted by Gasteiger charge is -2.42. The van der Waals surface area contributed by atoms with Crippen LogP contribution in [0, 0.1) is 5.41 Å². The van der Waals surface area contributed by atoms with E-state index in [4.69, 9.17) is 33.9 Å². The highest BCUT2D eigenvalue weighted by Gasteiger charge is 2.46. The zero-order chi connectivity index (χ0) is 20.9. The summed E-state index contributed by atoms with van der Waals surface area (Å²) in [4.78, 5) is 13.4. The second-order valence-corrected chi connectivity index (χ2v) is 10.1. The summed E-state index contributed by atoms with van der Waals surface area (Å²) in [6, 6.07) is 5.68. The van der Waals surface area contributed by atoms with Gasteiger partial charge in [0.05, 0.1) is 21.0 Å². The third-order valence-corrected chi connectivity index (χ3v) is 8.51. The van der Waals surface area contributed by atoms with Crippen LogP contribution in [0.15, 0.2) is 46.6 Å². The first-order valence-corrected chi connectivity index (χ1v) is 11.7. The maximum Gasteiger partial charge on any atom is 0.211 e. The van der Waals surface area contributed by atoms with Gasteiger partial charge in [0.15, 0.2) is 5.65 Å². The summed E-state index contributed by atoms with van der Waals surface area (Å²) in [7, 11) is 0. The van der Waals surface area contributed by atoms with Gasteiger partial charge in [-0.25, -0.2) is 9.97 Å². The van der Waals surface area contributed by atoms with Gasteiger partial charge >= 0.3 is 0 Å². The topological polar surface area (TPSA) is 79.7 Å². The minimum Gasteiger partial charge on any atom is -0.393 e. The average molecular weight is 464 g/mol. The van der Waals surface area contributed by atoms with Crippen LogP contribution in [0.2, 0.25) is 10.0 Å². The zero-order valence-corrected chi connectivity index (χ0v) is 18.7. The second-order valence-electron chi connectivity index (χ2n) is 8.25. The van der Waals surface area contributed by atoms with E-state index >= 15 is 0 Å². The number of aromatic nitrogens is 3. The van der Waals surface area contributed by atoms with Gasteiger partial charge in [-0.15, -0.1) is 0 Å². The Balaban J connectivity index is 1.40. The van der Waals surface area contributed by atoms with E-state index in [0.29, 0.717) is 16.5 Å². The van der Waals surface area contributed by atoms with Crippen molar-refractivity contribution in [2.75, 3.05) is 18.0 Å². The molecule has 158 valence electrons. The molecule has 6 nitrogen and oxygen atoms in total. The normalized spacial score (nSPS) is 23.5. The van der Waals surface area contributed by atoms with Crippen LogP contribution in [0.3, 0.4) is 0 Å². The highest BCUT2D eigenvalue weighted by molar-refractivity contribution is 7.99. The van der Waals surface area contributed by atoms with E-state index in [9.17, 15) is 5.11 Å². The first kappa shape index (κ1) is 20.4. The third-order valence-electron chi connectivity index (χ3n) is 6.51. The van der Waals surface area contributed by atoms with Crippen molar-refractivity contribution in [2.24, 2.45) is 11.1 Å². The van der Waals surface area contributed by atoms with Crippen molar-refractivity contribution in [3.8, 4) is 0 Å². The molecular weight excluding hydrogens is 441 g/mol. The van der Waals surface area contributed by atoms with Gasteiger partial charge in [0.1, 0.15) is 0 Å². The number of imidazole rings is 1. The quantitative estimate of drug-likeness (QED) is 0.603. The van der Waals surface area contributed by atoms with E-state index in [1.807, 2.05) is 28.9 Å². The molecule has 3 heterocycles. The maximum absolute atomic E-state index is 10.1. The van der Waals surface area contributed by atoms with Gasteiger partial charge in [0.2, 0.25) is 5.95 Å². The number of fused-ring (bicyclic) bond motifs is 1. The molecule has 1 spiro atoms. The zero-order valence-electron chi connectivity index (χ0n) is 16.3. The van der Waals surface area contributed by atoms with Crippen molar-refractivity contribution in [1.29, 1.82) is 0 Å². The fourth-order valence-electron chi connectivity index (χ4n) is 4.84. The predicted molar refractivity (Wildman–Crippen MR) is 121 cm³/mol. The summed E-state index contributed by atoms with van der Waals surface area (Å²) in [6.45, 7) is 1.74. The van der Waals surface area contributed by atoms with E-state index in [1.54, 1.807) is 12.3 Å². The smallest absolute Gasteiger partial charge is 0.211 e. The van der Waals surface area contributed by atoms with Gasteiger partial charge in [-0.2, -0.15) is 0 Å². The largest absolute Gasteiger partial charge is 0.393 e. The third kappa shape index (κ3) is 3.46. The van der Waals surface area contributed by atoms with E-state index in [1.165, 1.54) is 11.8 Å². The summed E-state index contributed by atoms with van der Waals surface area (Å²) in [5, 5.41) is 11.1. The summed E-state index contributed by atoms with van der Waals surface area (Å²) in [5.74, 6) is 0.881. The first-order chi connectivity index (χ1) is 14.5. The molecule has 3 aromatic rings. The minimum absolute atomic E-state index is 0.0586. The molecule has 3 N–H and O–H groups in total. The molecule has 2 fully saturated rings. The Kier molecular flexibility index (Phi) is 5.35. The van der Waals surface area contributed by atoms with E-state index in [2.05, 4.69) is 9.88 Å². The van der Waals surface area contributed by atoms with Crippen molar-refractivity contribution in [1.82, 2.24) is 14.4 Å². The van der Waals surface area contributed by atoms with Crippen LogP contribution >= 0.6 is 35.0 Å². The lowest BCUT2D eigenvalue weighted by Crippen LogP contribution is -2.47. The molecule has 1 unspecified atom stereocenters. The van der Waals surface area contributed by atoms with E-state index < -0.39 is 0 Å². The molecule has 9 heteroatoms. The molecule has 1 saturated heterocycles. The number of aliphatic hydroxyl groups excluding tert-OH is 1. The van der Waals surface area contributed by atoms with Crippen LogP contribution in [0.1, 0.15) is 25.7 Å². The monoisotopic (exact) mass is 463 g/mol. The number of nitrogens with two attached hydrogens (primary N) is 1. The second kappa shape index (κ2) is 7.88. The van der Waals surface area contributed by atoms with Gasteiger partial charge < -0.3 is 15.7 Å². The predicted octanol–water partition coefficient (Wildman–Crippen LogP) is 4.26. The Morgan fingerprint density at radius 3 is 2.70 bits per heavy atom. The molecule has 1 aliphatic heterocycles. The molecular formula is C21H23Cl2N5OS. The number of hydrogen-bond donors (Lipinski definition) is 2. The maximum atomic E-state index is 10.1. The van der Waals surface area contributed by atoms with Crippen LogP contribution in [0.5, 0.6) is 0 Å². The molecule has 30 heavy (non-hydrogen) atoms. The number of anilines is 1. The standard InChI is InChI=1S/C21H23Cl2N5OS/c22-14-2-1-3-15(18(14)23)30-16-12-26-20(28-9-6-25-19(16)28)27-7-4-21(5-8-27)11-13(29)10-17(21)24/h1-3,6,9,12-13,17,29H,4-5,7-8,10-11,24H2/t13?,17-/m1/s1. The van der Waals surface area contributed by atoms with Crippen LogP contribution < -0.4 is 10.6 Å². The van der Waals surface area contributed by atoms with Crippen molar-refractivity contribution in [3.05, 3.63) is 46.8 Å². The van der Waals surface area contributed by atoms with Crippen molar-refractivity contribution >= 4 is 46.6 Å². The van der Waals surface area contributed by atoms with Crippen molar-refractivity contribution in [3.63, 3.8) is 0 Å². The van der Waals surface area contributed by atoms with Gasteiger partial charge in [-0.05, 0) is 43.2 Å². The van der Waals surface area contributed by atoms with Crippen molar-refractivity contribution in [2.45, 2.75) is 47.6 Å². The fourth-order valence-corrected chi connectivity index (χ4v) is 6.25. The summed E-state index contributed by atoms with van der Waals surface area (Å²) < 4.78 is 2.03. The van der Waals surface area contributed by atoms with Gasteiger partial charge in [0, 0.05) is 42.6 Å². The van der Waals surface area contributed by atoms with E-state index in [0.717, 1.165) is 53.7 Å². The summed E-state index contributed by atoms with van der Waals surface area (Å²) in [5.41, 5.74) is 7.28. The Morgan fingerprint density at radius 1 is 1.17 bits per heavy atom.